The van der Waals surface area contributed by atoms with Gasteiger partial charge in [-0.3, -0.25) is 0 Å². The van der Waals surface area contributed by atoms with Crippen LogP contribution in [0.5, 0.6) is 0 Å². The van der Waals surface area contributed by atoms with Gasteiger partial charge >= 0.3 is 0 Å². The number of hydrogen-bond donors (Lipinski definition) is 1. The quantitative estimate of drug-likeness (QED) is 0.864. The summed E-state index contributed by atoms with van der Waals surface area (Å²) < 4.78 is 6.48. The molecule has 0 radical (unpaired) electrons. The van der Waals surface area contributed by atoms with E-state index in [4.69, 9.17) is 10.5 Å². The molecule has 0 fully saturated rings. The molecule has 2 nitrogen and oxygen atoms in total. The van der Waals surface area contributed by atoms with Gasteiger partial charge in [-0.15, -0.1) is 0 Å². The molecule has 72 valence electrons. The average Bonchev–Trinajstić information content (AvgIpc) is 2.15. The second-order valence-corrected chi connectivity index (χ2v) is 4.06. The van der Waals surface area contributed by atoms with E-state index in [2.05, 4.69) is 34.7 Å². The van der Waals surface area contributed by atoms with Crippen LogP contribution in [0.3, 0.4) is 0 Å². The molecular formula is C10H14INO. The Morgan fingerprint density at radius 1 is 1.38 bits per heavy atom. The number of nitrogens with two attached hydrogens (primary N) is 1. The molecule has 0 spiro atoms. The van der Waals surface area contributed by atoms with Crippen molar-refractivity contribution in [3.63, 3.8) is 0 Å². The molecule has 0 bridgehead atoms. The zero-order chi connectivity index (χ0) is 9.68. The van der Waals surface area contributed by atoms with Gasteiger partial charge in [-0.05, 0) is 47.2 Å². The molecule has 0 aromatic heterocycles. The third kappa shape index (κ3) is 3.62. The molecule has 3 heteroatoms. The van der Waals surface area contributed by atoms with Gasteiger partial charge in [0.05, 0.1) is 12.6 Å². The molecule has 1 atom stereocenters. The first-order chi connectivity index (χ1) is 6.24. The van der Waals surface area contributed by atoms with Gasteiger partial charge in [0.2, 0.25) is 0 Å². The maximum atomic E-state index is 5.90. The van der Waals surface area contributed by atoms with E-state index in [9.17, 15) is 0 Å². The van der Waals surface area contributed by atoms with Gasteiger partial charge in [-0.2, -0.15) is 0 Å². The van der Waals surface area contributed by atoms with E-state index >= 15 is 0 Å². The Morgan fingerprint density at radius 2 is 2.00 bits per heavy atom. The Balaban J connectivity index is 2.55. The molecule has 0 saturated heterocycles. The fourth-order valence-corrected chi connectivity index (χ4v) is 1.41. The second kappa shape index (κ2) is 5.57. The van der Waals surface area contributed by atoms with Gasteiger partial charge in [0.25, 0.3) is 0 Å². The molecule has 1 aromatic rings. The van der Waals surface area contributed by atoms with Crippen LogP contribution in [0.25, 0.3) is 0 Å². The highest BCUT2D eigenvalue weighted by atomic mass is 127. The topological polar surface area (TPSA) is 35.2 Å². The fourth-order valence-electron chi connectivity index (χ4n) is 1.05. The summed E-state index contributed by atoms with van der Waals surface area (Å²) in [6.07, 6.45) is 0. The number of hydrogen-bond acceptors (Lipinski definition) is 2. The first-order valence-corrected chi connectivity index (χ1v) is 5.40. The highest BCUT2D eigenvalue weighted by Crippen LogP contribution is 2.12. The van der Waals surface area contributed by atoms with Crippen molar-refractivity contribution in [1.29, 1.82) is 0 Å². The van der Waals surface area contributed by atoms with Crippen molar-refractivity contribution in [2.45, 2.75) is 13.0 Å². The van der Waals surface area contributed by atoms with Gasteiger partial charge in [0.15, 0.2) is 0 Å². The molecule has 13 heavy (non-hydrogen) atoms. The van der Waals surface area contributed by atoms with Crippen LogP contribution >= 0.6 is 22.6 Å². The van der Waals surface area contributed by atoms with E-state index in [1.165, 1.54) is 3.57 Å². The third-order valence-corrected chi connectivity index (χ3v) is 2.52. The predicted octanol–water partition coefficient (Wildman–Crippen LogP) is 2.33. The minimum Gasteiger partial charge on any atom is -0.380 e. The maximum Gasteiger partial charge on any atom is 0.0659 e. The minimum atomic E-state index is -0.00282. The molecule has 0 aliphatic heterocycles. The van der Waals surface area contributed by atoms with Crippen LogP contribution < -0.4 is 5.73 Å². The first kappa shape index (κ1) is 10.9. The van der Waals surface area contributed by atoms with Crippen LogP contribution in [0, 0.1) is 3.57 Å². The monoisotopic (exact) mass is 291 g/mol. The summed E-state index contributed by atoms with van der Waals surface area (Å²) in [7, 11) is 0. The number of benzene rings is 1. The van der Waals surface area contributed by atoms with Crippen LogP contribution in [-0.4, -0.2) is 13.2 Å². The summed E-state index contributed by atoms with van der Waals surface area (Å²) in [6.45, 7) is 3.29. The Hall–Kier alpha value is -0.130. The summed E-state index contributed by atoms with van der Waals surface area (Å²) in [5.41, 5.74) is 7.04. The molecule has 0 aliphatic rings. The van der Waals surface area contributed by atoms with E-state index in [-0.39, 0.29) is 6.04 Å². The van der Waals surface area contributed by atoms with Gasteiger partial charge in [0.1, 0.15) is 0 Å². The van der Waals surface area contributed by atoms with Gasteiger partial charge < -0.3 is 10.5 Å². The Kier molecular flexibility index (Phi) is 4.69. The molecule has 0 saturated carbocycles. The summed E-state index contributed by atoms with van der Waals surface area (Å²) in [5.74, 6) is 0. The zero-order valence-corrected chi connectivity index (χ0v) is 9.82. The van der Waals surface area contributed by atoms with E-state index in [1.54, 1.807) is 0 Å². The van der Waals surface area contributed by atoms with E-state index in [0.29, 0.717) is 6.61 Å². The average molecular weight is 291 g/mol. The zero-order valence-electron chi connectivity index (χ0n) is 7.66. The van der Waals surface area contributed by atoms with Crippen molar-refractivity contribution in [3.05, 3.63) is 33.4 Å². The fraction of sp³-hybridized carbons (Fsp3) is 0.400. The van der Waals surface area contributed by atoms with Crippen molar-refractivity contribution >= 4 is 22.6 Å². The van der Waals surface area contributed by atoms with Crippen LogP contribution in [0.1, 0.15) is 18.5 Å². The van der Waals surface area contributed by atoms with Gasteiger partial charge in [-0.25, -0.2) is 0 Å². The van der Waals surface area contributed by atoms with Crippen LogP contribution in [0.2, 0.25) is 0 Å². The van der Waals surface area contributed by atoms with E-state index in [1.807, 2.05) is 19.1 Å². The molecule has 1 unspecified atom stereocenters. The van der Waals surface area contributed by atoms with Gasteiger partial charge in [-0.1, -0.05) is 12.1 Å². The van der Waals surface area contributed by atoms with Crippen molar-refractivity contribution < 1.29 is 4.74 Å². The van der Waals surface area contributed by atoms with E-state index < -0.39 is 0 Å². The van der Waals surface area contributed by atoms with Crippen LogP contribution in [0.4, 0.5) is 0 Å². The Labute approximate surface area is 92.6 Å². The Bertz CT molecular complexity index is 248. The lowest BCUT2D eigenvalue weighted by Crippen LogP contribution is -2.16. The predicted molar refractivity (Wildman–Crippen MR) is 62.6 cm³/mol. The summed E-state index contributed by atoms with van der Waals surface area (Å²) in [6, 6.07) is 8.21. The van der Waals surface area contributed by atoms with Crippen molar-refractivity contribution in [1.82, 2.24) is 0 Å². The van der Waals surface area contributed by atoms with Crippen LogP contribution in [0.15, 0.2) is 24.3 Å². The maximum absolute atomic E-state index is 5.90. The lowest BCUT2D eigenvalue weighted by molar-refractivity contribution is 0.133. The molecule has 1 rings (SSSR count). The normalized spacial score (nSPS) is 12.8. The first-order valence-electron chi connectivity index (χ1n) is 4.33. The number of rotatable bonds is 4. The van der Waals surface area contributed by atoms with Crippen molar-refractivity contribution in [2.75, 3.05) is 13.2 Å². The molecule has 0 heterocycles. The standard InChI is InChI=1S/C10H14INO/c1-2-13-7-10(12)8-3-5-9(11)6-4-8/h3-6,10H,2,7,12H2,1H3. The lowest BCUT2D eigenvalue weighted by atomic mass is 10.1. The summed E-state index contributed by atoms with van der Waals surface area (Å²) >= 11 is 2.28. The minimum absolute atomic E-state index is 0.00282. The molecule has 0 amide bonds. The van der Waals surface area contributed by atoms with Crippen molar-refractivity contribution in [2.24, 2.45) is 5.73 Å². The lowest BCUT2D eigenvalue weighted by Gasteiger charge is -2.11. The SMILES string of the molecule is CCOCC(N)c1ccc(I)cc1. The molecule has 2 N–H and O–H groups in total. The largest absolute Gasteiger partial charge is 0.380 e. The highest BCUT2D eigenvalue weighted by Gasteiger charge is 2.04. The van der Waals surface area contributed by atoms with Gasteiger partial charge in [0, 0.05) is 10.2 Å². The number of ether oxygens (including phenoxy) is 1. The Morgan fingerprint density at radius 3 is 2.54 bits per heavy atom. The molecule has 0 aliphatic carbocycles. The third-order valence-electron chi connectivity index (χ3n) is 1.80. The van der Waals surface area contributed by atoms with Crippen molar-refractivity contribution in [3.8, 4) is 0 Å². The smallest absolute Gasteiger partial charge is 0.0659 e. The van der Waals surface area contributed by atoms with Crippen LogP contribution in [-0.2, 0) is 4.74 Å². The summed E-state index contributed by atoms with van der Waals surface area (Å²) in [5, 5.41) is 0. The number of halogens is 1. The second-order valence-electron chi connectivity index (χ2n) is 2.82. The summed E-state index contributed by atoms with van der Waals surface area (Å²) in [4.78, 5) is 0. The molecule has 1 aromatic carbocycles. The molecular weight excluding hydrogens is 277 g/mol. The van der Waals surface area contributed by atoms with E-state index in [0.717, 1.165) is 12.2 Å². The highest BCUT2D eigenvalue weighted by molar-refractivity contribution is 14.1.